The number of benzene rings is 1. The Morgan fingerprint density at radius 2 is 1.83 bits per heavy atom. The molecule has 0 fully saturated rings. The van der Waals surface area contributed by atoms with Gasteiger partial charge in [-0.05, 0) is 25.1 Å². The third-order valence-electron chi connectivity index (χ3n) is 4.09. The number of carbonyl (C=O) groups excluding carboxylic acids is 2. The Bertz CT molecular complexity index is 1020. The first-order chi connectivity index (χ1) is 13.8. The molecule has 1 N–H and O–H groups in total. The van der Waals surface area contributed by atoms with Gasteiger partial charge in [0.15, 0.2) is 5.78 Å². The largest absolute Gasteiger partial charge is 0.417 e. The molecule has 1 heterocycles. The number of aromatic nitrogens is 1. The molecule has 0 radical (unpaired) electrons. The Labute approximate surface area is 176 Å². The summed E-state index contributed by atoms with van der Waals surface area (Å²) in [4.78, 5) is 28.2. The van der Waals surface area contributed by atoms with Crippen molar-refractivity contribution >= 4 is 29.1 Å². The van der Waals surface area contributed by atoms with Gasteiger partial charge in [0.05, 0.1) is 22.6 Å². The molecule has 0 unspecified atom stereocenters. The second kappa shape index (κ2) is 8.88. The number of nitrogens with one attached hydrogen (secondary N) is 1. The fourth-order valence-electron chi connectivity index (χ4n) is 2.56. The zero-order chi connectivity index (χ0) is 22.7. The summed E-state index contributed by atoms with van der Waals surface area (Å²) in [7, 11) is 0. The maximum Gasteiger partial charge on any atom is 0.417 e. The number of Topliss-reactive ketones (excluding diaryl/α,β-unsaturated/α-hetero) is 1. The van der Waals surface area contributed by atoms with Crippen molar-refractivity contribution in [1.29, 1.82) is 5.26 Å². The SMILES string of the molecule is CC(=O)c1ccccc1NC(=O)CSc1nc(C(C)(C)C)cc(C(F)(F)F)c1C#N. The van der Waals surface area contributed by atoms with Crippen LogP contribution in [0.2, 0.25) is 0 Å². The lowest BCUT2D eigenvalue weighted by atomic mass is 9.90. The van der Waals surface area contributed by atoms with Crippen LogP contribution >= 0.6 is 11.8 Å². The summed E-state index contributed by atoms with van der Waals surface area (Å²) in [6, 6.07) is 8.86. The van der Waals surface area contributed by atoms with E-state index in [2.05, 4.69) is 10.3 Å². The molecule has 1 amide bonds. The van der Waals surface area contributed by atoms with Crippen molar-refractivity contribution in [2.45, 2.75) is 44.3 Å². The molecular formula is C21H20F3N3O2S. The Hall–Kier alpha value is -2.86. The van der Waals surface area contributed by atoms with Crippen LogP contribution in [0.3, 0.4) is 0 Å². The lowest BCUT2D eigenvalue weighted by Gasteiger charge is -2.21. The van der Waals surface area contributed by atoms with Crippen LogP contribution in [0.1, 0.15) is 54.9 Å². The summed E-state index contributed by atoms with van der Waals surface area (Å²) in [5, 5.41) is 11.7. The molecule has 0 aliphatic carbocycles. The van der Waals surface area contributed by atoms with Gasteiger partial charge in [0.2, 0.25) is 5.91 Å². The number of ketones is 1. The summed E-state index contributed by atoms with van der Waals surface area (Å²) in [5.74, 6) is -1.05. The molecule has 1 aromatic heterocycles. The topological polar surface area (TPSA) is 82.8 Å². The highest BCUT2D eigenvalue weighted by Crippen LogP contribution is 2.38. The Balaban J connectivity index is 2.33. The van der Waals surface area contributed by atoms with Gasteiger partial charge in [0.25, 0.3) is 0 Å². The lowest BCUT2D eigenvalue weighted by Crippen LogP contribution is -2.20. The number of anilines is 1. The third-order valence-corrected chi connectivity index (χ3v) is 5.07. The van der Waals surface area contributed by atoms with Crippen LogP contribution in [0, 0.1) is 11.3 Å². The fourth-order valence-corrected chi connectivity index (χ4v) is 3.36. The maximum absolute atomic E-state index is 13.5. The average molecular weight is 435 g/mol. The number of thioether (sulfide) groups is 1. The number of alkyl halides is 3. The number of halogens is 3. The molecule has 0 bridgehead atoms. The van der Waals surface area contributed by atoms with Crippen molar-refractivity contribution in [2.24, 2.45) is 0 Å². The number of pyridine rings is 1. The summed E-state index contributed by atoms with van der Waals surface area (Å²) >= 11 is 0.743. The number of amides is 1. The van der Waals surface area contributed by atoms with Crippen molar-refractivity contribution in [3.8, 4) is 6.07 Å². The second-order valence-electron chi connectivity index (χ2n) is 7.53. The molecule has 9 heteroatoms. The van der Waals surface area contributed by atoms with Crippen molar-refractivity contribution in [3.05, 3.63) is 52.7 Å². The van der Waals surface area contributed by atoms with E-state index in [9.17, 15) is 28.0 Å². The highest BCUT2D eigenvalue weighted by molar-refractivity contribution is 8.00. The van der Waals surface area contributed by atoms with E-state index in [0.717, 1.165) is 17.8 Å². The molecule has 0 atom stereocenters. The summed E-state index contributed by atoms with van der Waals surface area (Å²) in [5.41, 5.74) is -1.58. The number of nitrogens with zero attached hydrogens (tertiary/aromatic N) is 2. The van der Waals surface area contributed by atoms with Crippen molar-refractivity contribution < 1.29 is 22.8 Å². The van der Waals surface area contributed by atoms with E-state index in [1.54, 1.807) is 51.1 Å². The molecule has 0 aliphatic rings. The van der Waals surface area contributed by atoms with Crippen LogP contribution in [0.15, 0.2) is 35.4 Å². The quantitative estimate of drug-likeness (QED) is 0.515. The molecule has 0 saturated carbocycles. The van der Waals surface area contributed by atoms with Gasteiger partial charge in [-0.2, -0.15) is 18.4 Å². The van der Waals surface area contributed by atoms with Crippen molar-refractivity contribution in [3.63, 3.8) is 0 Å². The molecule has 30 heavy (non-hydrogen) atoms. The number of rotatable bonds is 5. The van der Waals surface area contributed by atoms with Gasteiger partial charge in [-0.3, -0.25) is 9.59 Å². The van der Waals surface area contributed by atoms with E-state index in [0.29, 0.717) is 11.3 Å². The fraction of sp³-hybridized carbons (Fsp3) is 0.333. The standard InChI is InChI=1S/C21H20F3N3O2S/c1-12(28)13-7-5-6-8-16(13)26-18(29)11-30-19-14(10-25)15(21(22,23)24)9-17(27-19)20(2,3)4/h5-9H,11H2,1-4H3,(H,26,29). The number of nitriles is 1. The molecular weight excluding hydrogens is 415 g/mol. The zero-order valence-corrected chi connectivity index (χ0v) is 17.7. The number of hydrogen-bond acceptors (Lipinski definition) is 5. The van der Waals surface area contributed by atoms with Gasteiger partial charge in [-0.25, -0.2) is 4.98 Å². The Kier molecular flexibility index (Phi) is 6.93. The van der Waals surface area contributed by atoms with E-state index in [-0.39, 0.29) is 22.3 Å². The van der Waals surface area contributed by atoms with Gasteiger partial charge >= 0.3 is 6.18 Å². The zero-order valence-electron chi connectivity index (χ0n) is 16.8. The van der Waals surface area contributed by atoms with Crippen LogP contribution in [0.4, 0.5) is 18.9 Å². The summed E-state index contributed by atoms with van der Waals surface area (Å²) < 4.78 is 40.5. The predicted octanol–water partition coefficient (Wildman–Crippen LogP) is 5.20. The Morgan fingerprint density at radius 3 is 2.37 bits per heavy atom. The van der Waals surface area contributed by atoms with E-state index >= 15 is 0 Å². The lowest BCUT2D eigenvalue weighted by molar-refractivity contribution is -0.138. The monoisotopic (exact) mass is 435 g/mol. The molecule has 1 aromatic carbocycles. The van der Waals surface area contributed by atoms with E-state index < -0.39 is 28.6 Å². The number of hydrogen-bond donors (Lipinski definition) is 1. The van der Waals surface area contributed by atoms with Gasteiger partial charge in [-0.15, -0.1) is 0 Å². The minimum atomic E-state index is -4.73. The molecule has 5 nitrogen and oxygen atoms in total. The van der Waals surface area contributed by atoms with Crippen LogP contribution in [0.5, 0.6) is 0 Å². The van der Waals surface area contributed by atoms with E-state index in [1.165, 1.54) is 6.92 Å². The highest BCUT2D eigenvalue weighted by atomic mass is 32.2. The van der Waals surface area contributed by atoms with E-state index in [4.69, 9.17) is 0 Å². The van der Waals surface area contributed by atoms with Crippen LogP contribution in [-0.2, 0) is 16.4 Å². The molecule has 0 aliphatic heterocycles. The minimum absolute atomic E-state index is 0.160. The highest BCUT2D eigenvalue weighted by Gasteiger charge is 2.37. The van der Waals surface area contributed by atoms with E-state index in [1.807, 2.05) is 0 Å². The maximum atomic E-state index is 13.5. The summed E-state index contributed by atoms with van der Waals surface area (Å²) in [6.45, 7) is 6.49. The smallest absolute Gasteiger partial charge is 0.325 e. The van der Waals surface area contributed by atoms with Crippen molar-refractivity contribution in [1.82, 2.24) is 4.98 Å². The van der Waals surface area contributed by atoms with Gasteiger partial charge < -0.3 is 5.32 Å². The normalized spacial score (nSPS) is 11.7. The first-order valence-corrected chi connectivity index (χ1v) is 9.88. The first-order valence-electron chi connectivity index (χ1n) is 8.90. The Morgan fingerprint density at radius 1 is 1.20 bits per heavy atom. The molecule has 2 rings (SSSR count). The van der Waals surface area contributed by atoms with Crippen LogP contribution < -0.4 is 5.32 Å². The molecule has 2 aromatic rings. The average Bonchev–Trinajstić information content (AvgIpc) is 2.64. The van der Waals surface area contributed by atoms with Crippen LogP contribution in [0.25, 0.3) is 0 Å². The summed E-state index contributed by atoms with van der Waals surface area (Å²) in [6.07, 6.45) is -4.73. The second-order valence-corrected chi connectivity index (χ2v) is 8.50. The predicted molar refractivity (Wildman–Crippen MR) is 108 cm³/mol. The molecule has 0 spiro atoms. The van der Waals surface area contributed by atoms with Gasteiger partial charge in [0, 0.05) is 16.7 Å². The molecule has 158 valence electrons. The van der Waals surface area contributed by atoms with Crippen LogP contribution in [-0.4, -0.2) is 22.4 Å². The molecule has 0 saturated heterocycles. The minimum Gasteiger partial charge on any atom is -0.325 e. The van der Waals surface area contributed by atoms with Gasteiger partial charge in [-0.1, -0.05) is 44.7 Å². The van der Waals surface area contributed by atoms with Gasteiger partial charge in [0.1, 0.15) is 11.1 Å². The number of para-hydroxylation sites is 1. The third kappa shape index (κ3) is 5.60. The number of carbonyl (C=O) groups is 2. The first kappa shape index (κ1) is 23.4. The van der Waals surface area contributed by atoms with Crippen molar-refractivity contribution in [2.75, 3.05) is 11.1 Å².